The van der Waals surface area contributed by atoms with Crippen LogP contribution < -0.4 is 10.6 Å². The molecule has 6 rings (SSSR count). The van der Waals surface area contributed by atoms with Gasteiger partial charge in [-0.15, -0.1) is 0 Å². The molecule has 0 aliphatic heterocycles. The molecule has 2 aromatic carbocycles. The molecule has 2 atom stereocenters. The van der Waals surface area contributed by atoms with Crippen LogP contribution in [0.15, 0.2) is 149 Å². The molecule has 0 radical (unpaired) electrons. The smallest absolute Gasteiger partial charge is 0.308 e. The van der Waals surface area contributed by atoms with Gasteiger partial charge >= 0.3 is 6.03 Å². The van der Waals surface area contributed by atoms with E-state index in [1.807, 2.05) is 0 Å². The number of fused-ring (bicyclic) bond motifs is 2. The highest BCUT2D eigenvalue weighted by atomic mass is 32.2. The van der Waals surface area contributed by atoms with Crippen LogP contribution in [0.2, 0.25) is 0 Å². The molecule has 0 saturated carbocycles. The van der Waals surface area contributed by atoms with E-state index in [1.165, 1.54) is 24.3 Å². The van der Waals surface area contributed by atoms with Crippen LogP contribution in [0.5, 0.6) is 0 Å². The number of anilines is 2. The van der Waals surface area contributed by atoms with Gasteiger partial charge in [-0.2, -0.15) is 50.5 Å². The molecule has 4 aliphatic rings. The molecule has 25 nitrogen and oxygen atoms in total. The standard InChI is InChI=1S/C35H26N4O21S6/c40-33(38-27-15-25-19(11-31(27)65(55,56)57)9-23(61(43,44)45)13-29(25)63(49,50)51)17-3-1-5-21(7-17)36-35(42)37-22-6-2-4-18(8-22)34(41)39-28-16-26-20(12-32(28)66(58,59)60)10-24(62(46,47)48)14-30(26)64(52,53)54/h1-16,29-30H,(H2,36,37,42)(H,43,44,45)(H,46,47,48)(H,49,50,51)(H,52,53,54)(H,55,56,57)(H,58,59,60). The zero-order chi connectivity index (χ0) is 49.1. The van der Waals surface area contributed by atoms with Crippen molar-refractivity contribution < 1.29 is 92.2 Å². The summed E-state index contributed by atoms with van der Waals surface area (Å²) in [6.07, 6.45) is 4.51. The van der Waals surface area contributed by atoms with E-state index in [2.05, 4.69) is 20.6 Å². The van der Waals surface area contributed by atoms with Gasteiger partial charge in [0.1, 0.15) is 20.3 Å². The van der Waals surface area contributed by atoms with Crippen molar-refractivity contribution in [1.82, 2.24) is 0 Å². The summed E-state index contributed by atoms with van der Waals surface area (Å²) in [7, 11) is -31.2. The van der Waals surface area contributed by atoms with E-state index in [0.29, 0.717) is 48.6 Å². The van der Waals surface area contributed by atoms with Crippen molar-refractivity contribution in [2.75, 3.05) is 10.6 Å². The molecule has 0 spiro atoms. The van der Waals surface area contributed by atoms with Gasteiger partial charge in [-0.1, -0.05) is 12.1 Å². The molecular formula is C35H26N4O21S6. The number of carbonyl (C=O) groups is 3. The van der Waals surface area contributed by atoms with Crippen LogP contribution in [-0.4, -0.2) is 118 Å². The van der Waals surface area contributed by atoms with Gasteiger partial charge in [-0.05, 0) is 107 Å². The third-order valence-corrected chi connectivity index (χ3v) is 14.7. The normalized spacial score (nSPS) is 20.5. The predicted molar refractivity (Wildman–Crippen MR) is 231 cm³/mol. The van der Waals surface area contributed by atoms with Crippen LogP contribution in [0.25, 0.3) is 0 Å². The molecule has 2 aromatic rings. The summed E-state index contributed by atoms with van der Waals surface area (Å²) in [4.78, 5) is 42.6. The molecule has 0 bridgehead atoms. The first-order valence-corrected chi connectivity index (χ1v) is 26.1. The van der Waals surface area contributed by atoms with E-state index < -0.39 is 142 Å². The quantitative estimate of drug-likeness (QED) is 0.157. The lowest BCUT2D eigenvalue weighted by Gasteiger charge is -2.24. The van der Waals surface area contributed by atoms with E-state index in [0.717, 1.165) is 24.3 Å². The van der Waals surface area contributed by atoms with Gasteiger partial charge in [-0.25, -0.2) is 14.8 Å². The zero-order valence-electron chi connectivity index (χ0n) is 32.0. The predicted octanol–water partition coefficient (Wildman–Crippen LogP) is 1.85. The number of hydrogen-bond donors (Lipinski definition) is 8. The Balaban J connectivity index is 1.24. The van der Waals surface area contributed by atoms with Crippen molar-refractivity contribution in [2.24, 2.45) is 9.98 Å². The molecule has 348 valence electrons. The first kappa shape index (κ1) is 49.2. The number of nitrogens with zero attached hydrogens (tertiary/aromatic N) is 2. The van der Waals surface area contributed by atoms with Gasteiger partial charge in [0.05, 0.1) is 21.2 Å². The van der Waals surface area contributed by atoms with E-state index in [-0.39, 0.29) is 22.5 Å². The number of benzene rings is 2. The van der Waals surface area contributed by atoms with Gasteiger partial charge in [0, 0.05) is 22.5 Å². The first-order chi connectivity index (χ1) is 30.2. The summed E-state index contributed by atoms with van der Waals surface area (Å²) >= 11 is 0. The summed E-state index contributed by atoms with van der Waals surface area (Å²) in [6.45, 7) is 0. The molecule has 31 heteroatoms. The Bertz CT molecular complexity index is 3390. The number of carbonyl (C=O) groups excluding carboxylic acids is 3. The van der Waals surface area contributed by atoms with Gasteiger partial charge < -0.3 is 10.6 Å². The molecule has 0 aromatic heterocycles. The molecule has 4 aliphatic carbocycles. The van der Waals surface area contributed by atoms with Crippen LogP contribution in [0.4, 0.5) is 16.2 Å². The van der Waals surface area contributed by atoms with Crippen molar-refractivity contribution in [3.05, 3.63) is 150 Å². The van der Waals surface area contributed by atoms with Gasteiger partial charge in [0.15, 0.2) is 0 Å². The minimum Gasteiger partial charge on any atom is -0.308 e. The SMILES string of the molecule is O=C(Nc1cccc(C(=O)N=C2C=C3C(=CC(S(=O)(=O)O)=CC3S(=O)(=O)O)C=C2S(=O)(=O)O)c1)Nc1cccc(C(=O)N=C2C=C3C(=CC(S(=O)(=O)O)=CC3S(=O)(=O)O)C=C2S(=O)(=O)O)c1. The maximum atomic E-state index is 13.3. The Kier molecular flexibility index (Phi) is 12.8. The number of aliphatic imine (C=N–C) groups is 2. The van der Waals surface area contributed by atoms with Gasteiger partial charge in [0.2, 0.25) is 0 Å². The largest absolute Gasteiger partial charge is 0.323 e. The third kappa shape index (κ3) is 11.1. The maximum absolute atomic E-state index is 13.3. The first-order valence-electron chi connectivity index (χ1n) is 17.3. The highest BCUT2D eigenvalue weighted by Crippen LogP contribution is 2.37. The second-order valence-electron chi connectivity index (χ2n) is 13.7. The molecule has 8 N–H and O–H groups in total. The summed E-state index contributed by atoms with van der Waals surface area (Å²) in [6, 6.07) is 8.28. The van der Waals surface area contributed by atoms with E-state index in [9.17, 15) is 92.2 Å². The molecule has 0 saturated heterocycles. The number of amides is 4. The van der Waals surface area contributed by atoms with E-state index in [1.54, 1.807) is 0 Å². The summed E-state index contributed by atoms with van der Waals surface area (Å²) in [5.41, 5.74) is -4.78. The monoisotopic (exact) mass is 1030 g/mol. The Morgan fingerprint density at radius 2 is 0.818 bits per heavy atom. The fraction of sp³-hybridized carbons (Fsp3) is 0.0571. The zero-order valence-corrected chi connectivity index (χ0v) is 36.9. The molecule has 2 unspecified atom stereocenters. The second kappa shape index (κ2) is 17.2. The number of nitrogens with one attached hydrogen (secondary N) is 2. The molecule has 4 amide bonds. The third-order valence-electron chi connectivity index (χ3n) is 9.14. The van der Waals surface area contributed by atoms with Crippen LogP contribution in [-0.2, 0) is 60.7 Å². The molecular weight excluding hydrogens is 1000 g/mol. The van der Waals surface area contributed by atoms with Crippen LogP contribution >= 0.6 is 0 Å². The van der Waals surface area contributed by atoms with Crippen LogP contribution in [0.3, 0.4) is 0 Å². The Morgan fingerprint density at radius 3 is 1.12 bits per heavy atom. The fourth-order valence-corrected chi connectivity index (χ4v) is 10.6. The summed E-state index contributed by atoms with van der Waals surface area (Å²) < 4.78 is 203. The van der Waals surface area contributed by atoms with Gasteiger partial charge in [0.25, 0.3) is 72.5 Å². The highest BCUT2D eigenvalue weighted by molar-refractivity contribution is 7.91. The Morgan fingerprint density at radius 1 is 0.470 bits per heavy atom. The molecule has 66 heavy (non-hydrogen) atoms. The number of hydrogen-bond acceptors (Lipinski definition) is 15. The van der Waals surface area contributed by atoms with Crippen LogP contribution in [0.1, 0.15) is 20.7 Å². The van der Waals surface area contributed by atoms with E-state index in [4.69, 9.17) is 0 Å². The minimum absolute atomic E-state index is 0.121. The Labute approximate surface area is 372 Å². The number of rotatable bonds is 10. The lowest BCUT2D eigenvalue weighted by molar-refractivity contribution is 0.0995. The molecule has 0 fully saturated rings. The average molecular weight is 1030 g/mol. The topological polar surface area (TPSA) is 426 Å². The van der Waals surface area contributed by atoms with Crippen LogP contribution in [0, 0.1) is 0 Å². The maximum Gasteiger partial charge on any atom is 0.323 e. The van der Waals surface area contributed by atoms with Crippen molar-refractivity contribution in [3.8, 4) is 0 Å². The van der Waals surface area contributed by atoms with E-state index >= 15 is 0 Å². The number of allylic oxidation sites excluding steroid dienone is 10. The van der Waals surface area contributed by atoms with Crippen molar-refractivity contribution >= 4 is 101 Å². The van der Waals surface area contributed by atoms with Gasteiger partial charge in [-0.3, -0.25) is 36.9 Å². The summed E-state index contributed by atoms with van der Waals surface area (Å²) in [5.74, 6) is -2.50. The summed E-state index contributed by atoms with van der Waals surface area (Å²) in [5, 5.41) is 0.240. The molecule has 0 heterocycles. The lowest BCUT2D eigenvalue weighted by atomic mass is 9.92. The van der Waals surface area contributed by atoms with Crippen molar-refractivity contribution in [2.45, 2.75) is 10.5 Å². The Hall–Kier alpha value is -6.23. The van der Waals surface area contributed by atoms with Crippen molar-refractivity contribution in [1.29, 1.82) is 0 Å². The fourth-order valence-electron chi connectivity index (χ4n) is 6.33. The lowest BCUT2D eigenvalue weighted by Crippen LogP contribution is -2.29. The highest BCUT2D eigenvalue weighted by Gasteiger charge is 2.39. The second-order valence-corrected chi connectivity index (χ2v) is 22.4. The number of urea groups is 1. The minimum atomic E-state index is -5.29. The average Bonchev–Trinajstić information content (AvgIpc) is 3.17. The van der Waals surface area contributed by atoms with Crippen molar-refractivity contribution in [3.63, 3.8) is 0 Å².